The molecule has 0 spiro atoms. The molecule has 21 heavy (non-hydrogen) atoms. The Balaban J connectivity index is 2.65. The zero-order valence-electron chi connectivity index (χ0n) is 11.9. The van der Waals surface area contributed by atoms with E-state index < -0.39 is 18.1 Å². The molecule has 1 rings (SSSR count). The summed E-state index contributed by atoms with van der Waals surface area (Å²) in [7, 11) is 1.57. The van der Waals surface area contributed by atoms with Crippen LogP contribution in [0.2, 0.25) is 0 Å². The van der Waals surface area contributed by atoms with Crippen LogP contribution in [0.1, 0.15) is 12.0 Å². The first-order valence-corrected chi connectivity index (χ1v) is 6.44. The molecule has 2 N–H and O–H groups in total. The molecule has 1 amide bonds. The summed E-state index contributed by atoms with van der Waals surface area (Å²) in [5.41, 5.74) is 0.895. The van der Waals surface area contributed by atoms with Crippen LogP contribution in [0.5, 0.6) is 5.75 Å². The predicted octanol–water partition coefficient (Wildman–Crippen LogP) is 1.99. The number of nitrogens with one attached hydrogen (secondary N) is 1. The van der Waals surface area contributed by atoms with Crippen molar-refractivity contribution in [2.75, 3.05) is 13.7 Å². The summed E-state index contributed by atoms with van der Waals surface area (Å²) < 4.78 is 9.85. The maximum atomic E-state index is 11.5. The van der Waals surface area contributed by atoms with Gasteiger partial charge in [0.2, 0.25) is 0 Å². The zero-order valence-corrected chi connectivity index (χ0v) is 11.9. The van der Waals surface area contributed by atoms with Crippen LogP contribution in [0, 0.1) is 0 Å². The van der Waals surface area contributed by atoms with Crippen molar-refractivity contribution in [3.05, 3.63) is 42.5 Å². The Morgan fingerprint density at radius 3 is 2.57 bits per heavy atom. The Bertz CT molecular complexity index is 483. The first-order chi connectivity index (χ1) is 10.0. The van der Waals surface area contributed by atoms with Crippen molar-refractivity contribution in [1.82, 2.24) is 5.32 Å². The number of carbonyl (C=O) groups excluding carboxylic acids is 1. The van der Waals surface area contributed by atoms with Gasteiger partial charge in [-0.25, -0.2) is 4.79 Å². The van der Waals surface area contributed by atoms with E-state index >= 15 is 0 Å². The average molecular weight is 293 g/mol. The number of carbonyl (C=O) groups is 2. The van der Waals surface area contributed by atoms with E-state index in [4.69, 9.17) is 14.6 Å². The lowest BCUT2D eigenvalue weighted by molar-refractivity contribution is -0.137. The van der Waals surface area contributed by atoms with Crippen molar-refractivity contribution in [2.45, 2.75) is 18.9 Å². The van der Waals surface area contributed by atoms with Gasteiger partial charge < -0.3 is 19.9 Å². The number of rotatable bonds is 8. The van der Waals surface area contributed by atoms with Crippen LogP contribution in [-0.4, -0.2) is 36.9 Å². The highest BCUT2D eigenvalue weighted by Gasteiger charge is 2.17. The van der Waals surface area contributed by atoms with Gasteiger partial charge in [0, 0.05) is 6.04 Å². The number of alkyl carbamates (subject to hydrolysis) is 1. The number of aliphatic carboxylic acids is 1. The van der Waals surface area contributed by atoms with Gasteiger partial charge in [-0.2, -0.15) is 0 Å². The van der Waals surface area contributed by atoms with E-state index in [2.05, 4.69) is 11.9 Å². The Labute approximate surface area is 123 Å². The topological polar surface area (TPSA) is 84.9 Å². The molecule has 1 atom stereocenters. The van der Waals surface area contributed by atoms with Gasteiger partial charge in [0.1, 0.15) is 12.4 Å². The summed E-state index contributed by atoms with van der Waals surface area (Å²) in [6.07, 6.45) is 0.985. The highest BCUT2D eigenvalue weighted by atomic mass is 16.5. The molecule has 0 aliphatic carbocycles. The van der Waals surface area contributed by atoms with E-state index in [9.17, 15) is 9.59 Å². The summed E-state index contributed by atoms with van der Waals surface area (Å²) in [6, 6.07) is 6.66. The number of hydrogen-bond donors (Lipinski definition) is 2. The Hall–Kier alpha value is -2.50. The van der Waals surface area contributed by atoms with E-state index in [1.54, 1.807) is 19.2 Å². The van der Waals surface area contributed by atoms with Crippen molar-refractivity contribution in [3.63, 3.8) is 0 Å². The summed E-state index contributed by atoms with van der Waals surface area (Å²) in [4.78, 5) is 22.4. The first kappa shape index (κ1) is 16.6. The van der Waals surface area contributed by atoms with Crippen LogP contribution in [0.15, 0.2) is 36.9 Å². The molecule has 0 saturated heterocycles. The van der Waals surface area contributed by atoms with Crippen LogP contribution in [0.25, 0.3) is 0 Å². The summed E-state index contributed by atoms with van der Waals surface area (Å²) in [5, 5.41) is 11.4. The summed E-state index contributed by atoms with van der Waals surface area (Å²) in [5.74, 6) is -0.274. The fraction of sp³-hybridized carbons (Fsp3) is 0.333. The second-order valence-corrected chi connectivity index (χ2v) is 4.38. The average Bonchev–Trinajstić information content (AvgIpc) is 2.45. The molecule has 1 aromatic rings. The molecule has 0 bridgehead atoms. The summed E-state index contributed by atoms with van der Waals surface area (Å²) in [6.45, 7) is 3.51. The molecule has 6 heteroatoms. The van der Waals surface area contributed by atoms with Crippen LogP contribution >= 0.6 is 0 Å². The van der Waals surface area contributed by atoms with Gasteiger partial charge in [0.15, 0.2) is 0 Å². The van der Waals surface area contributed by atoms with E-state index in [0.717, 1.165) is 5.56 Å². The van der Waals surface area contributed by atoms with Crippen molar-refractivity contribution in [3.8, 4) is 5.75 Å². The molecule has 6 nitrogen and oxygen atoms in total. The van der Waals surface area contributed by atoms with Gasteiger partial charge >= 0.3 is 12.1 Å². The highest BCUT2D eigenvalue weighted by molar-refractivity contribution is 5.71. The number of amides is 1. The number of carboxylic acid groups (broad SMARTS) is 1. The quantitative estimate of drug-likeness (QED) is 0.716. The molecular weight excluding hydrogens is 274 g/mol. The van der Waals surface area contributed by atoms with E-state index in [1.165, 1.54) is 6.08 Å². The number of ether oxygens (including phenoxy) is 2. The lowest BCUT2D eigenvalue weighted by Gasteiger charge is -2.16. The minimum Gasteiger partial charge on any atom is -0.497 e. The van der Waals surface area contributed by atoms with Gasteiger partial charge in [-0.05, 0) is 24.1 Å². The summed E-state index contributed by atoms with van der Waals surface area (Å²) >= 11 is 0. The van der Waals surface area contributed by atoms with E-state index in [1.807, 2.05) is 12.1 Å². The minimum atomic E-state index is -0.988. The molecular formula is C15H19NO5. The molecule has 0 radical (unpaired) electrons. The molecule has 1 aromatic carbocycles. The van der Waals surface area contributed by atoms with Gasteiger partial charge in [-0.3, -0.25) is 4.79 Å². The molecule has 0 fully saturated rings. The largest absolute Gasteiger partial charge is 0.497 e. The van der Waals surface area contributed by atoms with Crippen molar-refractivity contribution < 1.29 is 24.2 Å². The zero-order chi connectivity index (χ0) is 15.7. The van der Waals surface area contributed by atoms with Gasteiger partial charge in [0.05, 0.1) is 13.5 Å². The van der Waals surface area contributed by atoms with E-state index in [0.29, 0.717) is 12.2 Å². The molecule has 0 unspecified atom stereocenters. The maximum absolute atomic E-state index is 11.5. The molecule has 0 saturated carbocycles. The predicted molar refractivity (Wildman–Crippen MR) is 77.4 cm³/mol. The maximum Gasteiger partial charge on any atom is 0.407 e. The van der Waals surface area contributed by atoms with Crippen LogP contribution < -0.4 is 10.1 Å². The van der Waals surface area contributed by atoms with E-state index in [-0.39, 0.29) is 13.0 Å². The lowest BCUT2D eigenvalue weighted by atomic mass is 10.0. The standard InChI is InChI=1S/C15H19NO5/c1-3-8-21-15(19)16-12(10-14(17)18)9-11-4-6-13(20-2)7-5-11/h3-7,12H,1,8-10H2,2H3,(H,16,19)(H,17,18)/t12-/m0/s1. The molecule has 0 aromatic heterocycles. The SMILES string of the molecule is C=CCOC(=O)N[C@H](CC(=O)O)Cc1ccc(OC)cc1. The van der Waals surface area contributed by atoms with Crippen molar-refractivity contribution >= 4 is 12.1 Å². The third kappa shape index (κ3) is 6.47. The number of hydrogen-bond acceptors (Lipinski definition) is 4. The number of carboxylic acids is 1. The van der Waals surface area contributed by atoms with Gasteiger partial charge in [-0.15, -0.1) is 0 Å². The Morgan fingerprint density at radius 2 is 2.05 bits per heavy atom. The normalized spacial score (nSPS) is 11.3. The van der Waals surface area contributed by atoms with Crippen molar-refractivity contribution in [2.24, 2.45) is 0 Å². The van der Waals surface area contributed by atoms with Crippen LogP contribution in [0.4, 0.5) is 4.79 Å². The third-order valence-electron chi connectivity index (χ3n) is 2.72. The van der Waals surface area contributed by atoms with Crippen LogP contribution in [0.3, 0.4) is 0 Å². The van der Waals surface area contributed by atoms with Crippen LogP contribution in [-0.2, 0) is 16.0 Å². The first-order valence-electron chi connectivity index (χ1n) is 6.44. The molecule has 0 heterocycles. The fourth-order valence-corrected chi connectivity index (χ4v) is 1.77. The number of benzene rings is 1. The second-order valence-electron chi connectivity index (χ2n) is 4.38. The van der Waals surface area contributed by atoms with Gasteiger partial charge in [-0.1, -0.05) is 24.8 Å². The van der Waals surface area contributed by atoms with Crippen molar-refractivity contribution in [1.29, 1.82) is 0 Å². The minimum absolute atomic E-state index is 0.0775. The lowest BCUT2D eigenvalue weighted by Crippen LogP contribution is -2.38. The van der Waals surface area contributed by atoms with Gasteiger partial charge in [0.25, 0.3) is 0 Å². The third-order valence-corrected chi connectivity index (χ3v) is 2.72. The fourth-order valence-electron chi connectivity index (χ4n) is 1.77. The highest BCUT2D eigenvalue weighted by Crippen LogP contribution is 2.13. The smallest absolute Gasteiger partial charge is 0.407 e. The number of methoxy groups -OCH3 is 1. The monoisotopic (exact) mass is 293 g/mol. The Kier molecular flexibility index (Phi) is 6.80. The molecule has 0 aliphatic heterocycles. The molecule has 114 valence electrons. The second kappa shape index (κ2) is 8.63. The Morgan fingerprint density at radius 1 is 1.38 bits per heavy atom. The molecule has 0 aliphatic rings.